The standard InChI is InChI=1S/C26H28O7/c1-13(2)6-7-15(14(3)4)10-18-20(29)12-21(32-5)22-23(30)24(31)26(33-25(18)22)17-9-8-16(27)11-19(17)28/h6,8-9,11-12,15,27-29,31H,3,7,10H2,1-2,4-5H3/t15-/m1/s1. The summed E-state index contributed by atoms with van der Waals surface area (Å²) >= 11 is 0. The molecule has 3 rings (SSSR count). The lowest BCUT2D eigenvalue weighted by Crippen LogP contribution is -2.10. The summed E-state index contributed by atoms with van der Waals surface area (Å²) in [5, 5.41) is 41.3. The number of allylic oxidation sites excluding steroid dienone is 3. The normalized spacial score (nSPS) is 11.9. The first-order valence-corrected chi connectivity index (χ1v) is 10.4. The number of hydrogen-bond donors (Lipinski definition) is 4. The highest BCUT2D eigenvalue weighted by Crippen LogP contribution is 2.42. The van der Waals surface area contributed by atoms with Crippen molar-refractivity contribution in [2.45, 2.75) is 33.6 Å². The topological polar surface area (TPSA) is 120 Å². The first-order valence-electron chi connectivity index (χ1n) is 10.4. The van der Waals surface area contributed by atoms with Gasteiger partial charge in [0.05, 0.1) is 12.7 Å². The maximum atomic E-state index is 13.1. The molecule has 0 radical (unpaired) electrons. The van der Waals surface area contributed by atoms with Crippen LogP contribution in [0.2, 0.25) is 0 Å². The van der Waals surface area contributed by atoms with E-state index in [-0.39, 0.29) is 51.2 Å². The maximum absolute atomic E-state index is 13.1. The van der Waals surface area contributed by atoms with E-state index in [1.165, 1.54) is 25.3 Å². The van der Waals surface area contributed by atoms with Gasteiger partial charge in [-0.15, -0.1) is 0 Å². The van der Waals surface area contributed by atoms with E-state index in [1.54, 1.807) is 0 Å². The van der Waals surface area contributed by atoms with Crippen LogP contribution in [0, 0.1) is 5.92 Å². The van der Waals surface area contributed by atoms with E-state index in [0.717, 1.165) is 17.2 Å². The molecule has 3 aromatic rings. The fraction of sp³-hybridized carbons (Fsp3) is 0.269. The molecule has 0 aliphatic rings. The van der Waals surface area contributed by atoms with Crippen LogP contribution >= 0.6 is 0 Å². The van der Waals surface area contributed by atoms with Gasteiger partial charge < -0.3 is 29.6 Å². The largest absolute Gasteiger partial charge is 0.508 e. The van der Waals surface area contributed by atoms with Crippen LogP contribution in [0.15, 0.2) is 57.3 Å². The lowest BCUT2D eigenvalue weighted by atomic mass is 9.88. The van der Waals surface area contributed by atoms with Crippen molar-refractivity contribution in [3.8, 4) is 40.1 Å². The molecule has 1 atom stereocenters. The lowest BCUT2D eigenvalue weighted by Gasteiger charge is -2.19. The highest BCUT2D eigenvalue weighted by molar-refractivity contribution is 5.91. The molecule has 0 saturated heterocycles. The summed E-state index contributed by atoms with van der Waals surface area (Å²) < 4.78 is 11.2. The van der Waals surface area contributed by atoms with E-state index in [0.29, 0.717) is 18.4 Å². The molecule has 33 heavy (non-hydrogen) atoms. The van der Waals surface area contributed by atoms with E-state index in [9.17, 15) is 25.2 Å². The summed E-state index contributed by atoms with van der Waals surface area (Å²) in [6.45, 7) is 9.95. The second-order valence-electron chi connectivity index (χ2n) is 8.36. The molecule has 0 aliphatic heterocycles. The van der Waals surface area contributed by atoms with Crippen LogP contribution in [0.25, 0.3) is 22.3 Å². The Bertz CT molecular complexity index is 1310. The molecule has 7 nitrogen and oxygen atoms in total. The van der Waals surface area contributed by atoms with Crippen LogP contribution < -0.4 is 10.2 Å². The number of fused-ring (bicyclic) bond motifs is 1. The predicted molar refractivity (Wildman–Crippen MR) is 127 cm³/mol. The molecule has 0 bridgehead atoms. The molecule has 2 aromatic carbocycles. The van der Waals surface area contributed by atoms with E-state index in [1.807, 2.05) is 20.8 Å². The first kappa shape index (κ1) is 23.8. The van der Waals surface area contributed by atoms with Crippen molar-refractivity contribution in [2.75, 3.05) is 7.11 Å². The summed E-state index contributed by atoms with van der Waals surface area (Å²) in [6, 6.07) is 5.00. The minimum atomic E-state index is -0.770. The number of phenolic OH excluding ortho intramolecular Hbond substituents is 3. The lowest BCUT2D eigenvalue weighted by molar-refractivity contribution is 0.405. The fourth-order valence-electron chi connectivity index (χ4n) is 3.70. The molecule has 0 unspecified atom stereocenters. The van der Waals surface area contributed by atoms with Crippen molar-refractivity contribution in [3.63, 3.8) is 0 Å². The van der Waals surface area contributed by atoms with Gasteiger partial charge in [-0.3, -0.25) is 4.79 Å². The van der Waals surface area contributed by atoms with Crippen molar-refractivity contribution in [3.05, 3.63) is 63.9 Å². The number of benzene rings is 2. The minimum Gasteiger partial charge on any atom is -0.508 e. The number of phenols is 3. The molecule has 4 N–H and O–H groups in total. The predicted octanol–water partition coefficient (Wildman–Crippen LogP) is 5.38. The summed E-state index contributed by atoms with van der Waals surface area (Å²) in [6.07, 6.45) is 3.07. The Morgan fingerprint density at radius 1 is 1.12 bits per heavy atom. The number of rotatable bonds is 7. The average molecular weight is 453 g/mol. The van der Waals surface area contributed by atoms with E-state index < -0.39 is 11.2 Å². The summed E-state index contributed by atoms with van der Waals surface area (Å²) in [5.41, 5.74) is 1.68. The zero-order chi connectivity index (χ0) is 24.4. The Hall–Kier alpha value is -3.87. The molecular formula is C26H28O7. The SMILES string of the molecule is C=C(C)[C@H](CC=C(C)C)Cc1c(O)cc(OC)c2c(=O)c(O)c(-c3ccc(O)cc3O)oc12. The van der Waals surface area contributed by atoms with Crippen LogP contribution in [0.1, 0.15) is 32.8 Å². The van der Waals surface area contributed by atoms with Crippen molar-refractivity contribution in [2.24, 2.45) is 5.92 Å². The molecule has 1 aromatic heterocycles. The monoisotopic (exact) mass is 452 g/mol. The van der Waals surface area contributed by atoms with Crippen molar-refractivity contribution in [1.29, 1.82) is 0 Å². The molecular weight excluding hydrogens is 424 g/mol. The Morgan fingerprint density at radius 3 is 2.39 bits per heavy atom. The third-order valence-electron chi connectivity index (χ3n) is 5.59. The van der Waals surface area contributed by atoms with Gasteiger partial charge >= 0.3 is 0 Å². The van der Waals surface area contributed by atoms with E-state index >= 15 is 0 Å². The van der Waals surface area contributed by atoms with Crippen LogP contribution in [-0.2, 0) is 6.42 Å². The third-order valence-corrected chi connectivity index (χ3v) is 5.59. The van der Waals surface area contributed by atoms with E-state index in [4.69, 9.17) is 9.15 Å². The molecule has 0 fully saturated rings. The molecule has 7 heteroatoms. The van der Waals surface area contributed by atoms with Gasteiger partial charge in [-0.25, -0.2) is 0 Å². The number of aromatic hydroxyl groups is 4. The smallest absolute Gasteiger partial charge is 0.238 e. The average Bonchev–Trinajstić information content (AvgIpc) is 2.74. The first-order chi connectivity index (χ1) is 15.5. The molecule has 0 amide bonds. The Morgan fingerprint density at radius 2 is 1.82 bits per heavy atom. The Kier molecular flexibility index (Phi) is 6.72. The molecule has 1 heterocycles. The second-order valence-corrected chi connectivity index (χ2v) is 8.36. The van der Waals surface area contributed by atoms with Gasteiger partial charge in [0.15, 0.2) is 5.76 Å². The van der Waals surface area contributed by atoms with Crippen LogP contribution in [0.3, 0.4) is 0 Å². The van der Waals surface area contributed by atoms with Crippen LogP contribution in [0.4, 0.5) is 0 Å². The molecule has 174 valence electrons. The van der Waals surface area contributed by atoms with Gasteiger partial charge in [0.1, 0.15) is 34.0 Å². The molecule has 0 spiro atoms. The Labute approximate surface area is 191 Å². The molecule has 0 aliphatic carbocycles. The van der Waals surface area contributed by atoms with Gasteiger partial charge in [0.2, 0.25) is 11.2 Å². The third kappa shape index (κ3) is 4.67. The number of hydrogen-bond acceptors (Lipinski definition) is 7. The Balaban J connectivity index is 2.33. The summed E-state index contributed by atoms with van der Waals surface area (Å²) in [4.78, 5) is 13.1. The zero-order valence-electron chi connectivity index (χ0n) is 19.1. The highest BCUT2D eigenvalue weighted by atomic mass is 16.5. The second kappa shape index (κ2) is 9.32. The van der Waals surface area contributed by atoms with Crippen molar-refractivity contribution in [1.82, 2.24) is 0 Å². The maximum Gasteiger partial charge on any atom is 0.238 e. The minimum absolute atomic E-state index is 0.0125. The summed E-state index contributed by atoms with van der Waals surface area (Å²) in [7, 11) is 1.34. The quantitative estimate of drug-likeness (QED) is 0.355. The van der Waals surface area contributed by atoms with Crippen LogP contribution in [0.5, 0.6) is 28.7 Å². The highest BCUT2D eigenvalue weighted by Gasteiger charge is 2.26. The zero-order valence-corrected chi connectivity index (χ0v) is 19.1. The fourth-order valence-corrected chi connectivity index (χ4v) is 3.70. The van der Waals surface area contributed by atoms with Gasteiger partial charge in [-0.2, -0.15) is 0 Å². The number of ether oxygens (including phenoxy) is 1. The summed E-state index contributed by atoms with van der Waals surface area (Å²) in [5.74, 6) is -1.71. The van der Waals surface area contributed by atoms with Crippen LogP contribution in [-0.4, -0.2) is 27.5 Å². The number of methoxy groups -OCH3 is 1. The van der Waals surface area contributed by atoms with Gasteiger partial charge in [-0.1, -0.05) is 23.8 Å². The van der Waals surface area contributed by atoms with Crippen molar-refractivity contribution < 1.29 is 29.6 Å². The van der Waals surface area contributed by atoms with Crippen molar-refractivity contribution >= 4 is 11.0 Å². The molecule has 0 saturated carbocycles. The van der Waals surface area contributed by atoms with Gasteiger partial charge in [0, 0.05) is 17.7 Å². The van der Waals surface area contributed by atoms with Gasteiger partial charge in [-0.05, 0) is 51.7 Å². The van der Waals surface area contributed by atoms with Gasteiger partial charge in [0.25, 0.3) is 0 Å². The van der Waals surface area contributed by atoms with E-state index in [2.05, 4.69) is 12.7 Å².